The number of epoxide rings is 1. The molecule has 1 aliphatic rings. The van der Waals surface area contributed by atoms with Gasteiger partial charge in [0.1, 0.15) is 6.10 Å². The smallest absolute Gasteiger partial charge is 0.379 e. The summed E-state index contributed by atoms with van der Waals surface area (Å²) in [6.45, 7) is 4.43. The minimum Gasteiger partial charge on any atom is -0.379 e. The molecule has 0 N–H and O–H groups in total. The molecule has 0 saturated carbocycles. The molecule has 1 heterocycles. The first-order chi connectivity index (χ1) is 8.18. The summed E-state index contributed by atoms with van der Waals surface area (Å²) in [6.07, 6.45) is 2.31. The van der Waals surface area contributed by atoms with Gasteiger partial charge < -0.3 is 22.8 Å². The van der Waals surface area contributed by atoms with Gasteiger partial charge in [0.05, 0.1) is 13.2 Å². The van der Waals surface area contributed by atoms with Gasteiger partial charge >= 0.3 is 8.80 Å². The summed E-state index contributed by atoms with van der Waals surface area (Å²) in [7, 11) is 2.48. The highest BCUT2D eigenvalue weighted by Crippen LogP contribution is 2.28. The third-order valence-corrected chi connectivity index (χ3v) is 6.29. The molecule has 0 bridgehead atoms. The van der Waals surface area contributed by atoms with Crippen LogP contribution in [0.5, 0.6) is 0 Å². The predicted molar refractivity (Wildman–Crippen MR) is 66.0 cm³/mol. The quantitative estimate of drug-likeness (QED) is 0.339. The number of hydrogen-bond acceptors (Lipinski definition) is 5. The van der Waals surface area contributed by atoms with E-state index >= 15 is 0 Å². The monoisotopic (exact) mass is 264 g/mol. The van der Waals surface area contributed by atoms with Crippen molar-refractivity contribution in [2.24, 2.45) is 0 Å². The Morgan fingerprint density at radius 2 is 1.82 bits per heavy atom. The maximum Gasteiger partial charge on any atom is 0.503 e. The SMILES string of the molecule is CO[Si](OC)(OC)C(C)CCCOCC1CO1. The third-order valence-electron chi connectivity index (χ3n) is 3.09. The largest absolute Gasteiger partial charge is 0.503 e. The van der Waals surface area contributed by atoms with Gasteiger partial charge in [0.25, 0.3) is 0 Å². The van der Waals surface area contributed by atoms with Crippen LogP contribution in [0.3, 0.4) is 0 Å². The molecule has 102 valence electrons. The Balaban J connectivity index is 2.14. The zero-order chi connectivity index (χ0) is 12.7. The van der Waals surface area contributed by atoms with Gasteiger partial charge in [-0.1, -0.05) is 6.92 Å². The van der Waals surface area contributed by atoms with Crippen LogP contribution >= 0.6 is 0 Å². The highest BCUT2D eigenvalue weighted by Gasteiger charge is 2.43. The van der Waals surface area contributed by atoms with Crippen LogP contribution in [0.2, 0.25) is 5.54 Å². The van der Waals surface area contributed by atoms with E-state index < -0.39 is 8.80 Å². The average molecular weight is 264 g/mol. The Morgan fingerprint density at radius 3 is 2.29 bits per heavy atom. The lowest BCUT2D eigenvalue weighted by molar-refractivity contribution is 0.0992. The van der Waals surface area contributed by atoms with Crippen LogP contribution in [-0.4, -0.2) is 56.1 Å². The molecular weight excluding hydrogens is 240 g/mol. The Labute approximate surface area is 105 Å². The van der Waals surface area contributed by atoms with Crippen molar-refractivity contribution in [3.05, 3.63) is 0 Å². The van der Waals surface area contributed by atoms with Crippen molar-refractivity contribution in [1.82, 2.24) is 0 Å². The minimum atomic E-state index is -2.47. The molecule has 1 saturated heterocycles. The number of rotatable bonds is 10. The van der Waals surface area contributed by atoms with Gasteiger partial charge in [0, 0.05) is 33.5 Å². The minimum absolute atomic E-state index is 0.281. The maximum absolute atomic E-state index is 5.49. The first kappa shape index (κ1) is 15.1. The Hall–Kier alpha value is 0.0169. The first-order valence-corrected chi connectivity index (χ1v) is 7.83. The second-order valence-corrected chi connectivity index (χ2v) is 7.71. The molecule has 2 atom stereocenters. The first-order valence-electron chi connectivity index (χ1n) is 6.03. The molecule has 6 heteroatoms. The van der Waals surface area contributed by atoms with Crippen molar-refractivity contribution >= 4 is 8.80 Å². The molecule has 5 nitrogen and oxygen atoms in total. The van der Waals surface area contributed by atoms with Crippen LogP contribution in [-0.2, 0) is 22.8 Å². The molecule has 17 heavy (non-hydrogen) atoms. The van der Waals surface area contributed by atoms with Gasteiger partial charge in [-0.25, -0.2) is 0 Å². The molecule has 1 aliphatic heterocycles. The van der Waals surface area contributed by atoms with E-state index in [2.05, 4.69) is 6.92 Å². The summed E-state index contributed by atoms with van der Waals surface area (Å²) in [5, 5.41) is 0. The Bertz CT molecular complexity index is 198. The highest BCUT2D eigenvalue weighted by molar-refractivity contribution is 6.62. The average Bonchev–Trinajstić information content (AvgIpc) is 3.16. The number of hydrogen-bond donors (Lipinski definition) is 0. The zero-order valence-electron chi connectivity index (χ0n) is 11.2. The van der Waals surface area contributed by atoms with E-state index in [1.165, 1.54) is 0 Å². The summed E-state index contributed by atoms with van der Waals surface area (Å²) in [6, 6.07) is 0. The van der Waals surface area contributed by atoms with E-state index in [0.717, 1.165) is 32.7 Å². The third kappa shape index (κ3) is 4.65. The molecule has 0 aromatic carbocycles. The summed E-state index contributed by atoms with van der Waals surface area (Å²) in [5.74, 6) is 0. The molecule has 0 aromatic heterocycles. The zero-order valence-corrected chi connectivity index (χ0v) is 12.2. The van der Waals surface area contributed by atoms with E-state index in [4.69, 9.17) is 22.8 Å². The molecule has 0 aliphatic carbocycles. The summed E-state index contributed by atoms with van der Waals surface area (Å²) in [5.41, 5.74) is 0.281. The van der Waals surface area contributed by atoms with Crippen LogP contribution in [0.15, 0.2) is 0 Å². The maximum atomic E-state index is 5.49. The lowest BCUT2D eigenvalue weighted by Gasteiger charge is -2.30. The van der Waals surface area contributed by atoms with E-state index in [9.17, 15) is 0 Å². The molecule has 0 aromatic rings. The van der Waals surface area contributed by atoms with Crippen LogP contribution < -0.4 is 0 Å². The van der Waals surface area contributed by atoms with Crippen molar-refractivity contribution in [3.63, 3.8) is 0 Å². The van der Waals surface area contributed by atoms with Gasteiger partial charge in [0.2, 0.25) is 0 Å². The molecule has 0 spiro atoms. The molecule has 1 rings (SSSR count). The normalized spacial score (nSPS) is 21.5. The van der Waals surface area contributed by atoms with Gasteiger partial charge in [0.15, 0.2) is 0 Å². The van der Waals surface area contributed by atoms with Crippen molar-refractivity contribution < 1.29 is 22.8 Å². The second-order valence-electron chi connectivity index (χ2n) is 4.29. The van der Waals surface area contributed by atoms with Crippen molar-refractivity contribution in [3.8, 4) is 0 Å². The topological polar surface area (TPSA) is 49.5 Å². The molecule has 1 fully saturated rings. The number of ether oxygens (including phenoxy) is 2. The van der Waals surface area contributed by atoms with Crippen molar-refractivity contribution in [2.45, 2.75) is 31.4 Å². The van der Waals surface area contributed by atoms with Gasteiger partial charge in [-0.05, 0) is 12.8 Å². The Morgan fingerprint density at radius 1 is 1.24 bits per heavy atom. The highest BCUT2D eigenvalue weighted by atomic mass is 28.4. The van der Waals surface area contributed by atoms with E-state index in [1.807, 2.05) is 0 Å². The van der Waals surface area contributed by atoms with E-state index in [0.29, 0.717) is 6.10 Å². The molecule has 0 amide bonds. The Kier molecular flexibility index (Phi) is 6.61. The second kappa shape index (κ2) is 7.45. The van der Waals surface area contributed by atoms with Crippen LogP contribution in [0.1, 0.15) is 19.8 Å². The molecule has 2 unspecified atom stereocenters. The summed E-state index contributed by atoms with van der Waals surface area (Å²) < 4.78 is 26.9. The predicted octanol–water partition coefficient (Wildman–Crippen LogP) is 1.45. The fraction of sp³-hybridized carbons (Fsp3) is 1.00. The van der Waals surface area contributed by atoms with Crippen molar-refractivity contribution in [1.29, 1.82) is 0 Å². The fourth-order valence-electron chi connectivity index (χ4n) is 1.90. The molecule has 0 radical (unpaired) electrons. The van der Waals surface area contributed by atoms with Crippen LogP contribution in [0.4, 0.5) is 0 Å². The summed E-state index contributed by atoms with van der Waals surface area (Å²) in [4.78, 5) is 0. The van der Waals surface area contributed by atoms with Gasteiger partial charge in [-0.15, -0.1) is 0 Å². The van der Waals surface area contributed by atoms with Crippen LogP contribution in [0.25, 0.3) is 0 Å². The lowest BCUT2D eigenvalue weighted by Crippen LogP contribution is -2.46. The van der Waals surface area contributed by atoms with Gasteiger partial charge in [-0.3, -0.25) is 0 Å². The van der Waals surface area contributed by atoms with Gasteiger partial charge in [-0.2, -0.15) is 0 Å². The van der Waals surface area contributed by atoms with E-state index in [1.54, 1.807) is 21.3 Å². The molecular formula is C11H24O5Si. The lowest BCUT2D eigenvalue weighted by atomic mass is 10.2. The van der Waals surface area contributed by atoms with E-state index in [-0.39, 0.29) is 5.54 Å². The van der Waals surface area contributed by atoms with Crippen LogP contribution in [0, 0.1) is 0 Å². The summed E-state index contributed by atoms with van der Waals surface area (Å²) >= 11 is 0. The van der Waals surface area contributed by atoms with Crippen molar-refractivity contribution in [2.75, 3.05) is 41.2 Å². The standard InChI is InChI=1S/C11H24O5Si/c1-10(17(12-2,13-3)14-4)6-5-7-15-8-11-9-16-11/h10-11H,5-9H2,1-4H3. The fourth-order valence-corrected chi connectivity index (χ4v) is 4.17.